The van der Waals surface area contributed by atoms with Gasteiger partial charge in [0.25, 0.3) is 0 Å². The van der Waals surface area contributed by atoms with E-state index in [1.165, 1.54) is 0 Å². The number of ether oxygens (including phenoxy) is 1. The van der Waals surface area contributed by atoms with E-state index >= 15 is 0 Å². The van der Waals surface area contributed by atoms with E-state index in [-0.39, 0.29) is 0 Å². The summed E-state index contributed by atoms with van der Waals surface area (Å²) in [5.74, 6) is 1.17. The summed E-state index contributed by atoms with van der Waals surface area (Å²) < 4.78 is 5.12. The van der Waals surface area contributed by atoms with Gasteiger partial charge in [-0.05, 0) is 41.8 Å². The molecule has 160 valence electrons. The Hall–Kier alpha value is -4.04. The topological polar surface area (TPSA) is 101 Å². The third-order valence-electron chi connectivity index (χ3n) is 5.18. The third kappa shape index (κ3) is 4.08. The van der Waals surface area contributed by atoms with Crippen LogP contribution in [0.2, 0.25) is 0 Å². The molecule has 0 unspecified atom stereocenters. The van der Waals surface area contributed by atoms with Crippen LogP contribution in [0, 0.1) is 0 Å². The van der Waals surface area contributed by atoms with Crippen molar-refractivity contribution in [2.24, 2.45) is 0 Å². The lowest BCUT2D eigenvalue weighted by Crippen LogP contribution is -2.08. The Labute approximate surface area is 185 Å². The standard InChI is InChI=1S/C24H23N7O/c1-32-13-5-11-26-22-21-23(28-15-27-21)31-24(30-22)29-17-8-9-20-19(14-17)18(10-12-25-20)16-6-3-2-4-7-16/h2-4,6-10,12,14-15H,5,11,13H2,1H3,(H3,26,27,28,29,30,31). The second kappa shape index (κ2) is 8.99. The van der Waals surface area contributed by atoms with E-state index in [2.05, 4.69) is 53.8 Å². The van der Waals surface area contributed by atoms with E-state index in [1.54, 1.807) is 13.4 Å². The number of nitrogens with one attached hydrogen (secondary N) is 3. The van der Waals surface area contributed by atoms with Crippen molar-refractivity contribution in [3.05, 3.63) is 67.1 Å². The summed E-state index contributed by atoms with van der Waals surface area (Å²) in [6.07, 6.45) is 4.33. The smallest absolute Gasteiger partial charge is 0.231 e. The predicted molar refractivity (Wildman–Crippen MR) is 127 cm³/mol. The van der Waals surface area contributed by atoms with E-state index in [0.29, 0.717) is 29.5 Å². The predicted octanol–water partition coefficient (Wildman–Crippen LogP) is 4.76. The van der Waals surface area contributed by atoms with Crippen molar-refractivity contribution in [2.75, 3.05) is 30.9 Å². The summed E-state index contributed by atoms with van der Waals surface area (Å²) in [4.78, 5) is 21.2. The lowest BCUT2D eigenvalue weighted by Gasteiger charge is -2.11. The fraction of sp³-hybridized carbons (Fsp3) is 0.167. The molecular weight excluding hydrogens is 402 g/mol. The van der Waals surface area contributed by atoms with Crippen molar-refractivity contribution < 1.29 is 4.74 Å². The SMILES string of the molecule is COCCCNc1nc(Nc2ccc3nccc(-c4ccccc4)c3c2)nc2[nH]cnc12. The second-order valence-corrected chi connectivity index (χ2v) is 7.35. The van der Waals surface area contributed by atoms with Crippen LogP contribution in [0.15, 0.2) is 67.1 Å². The zero-order valence-electron chi connectivity index (χ0n) is 17.7. The van der Waals surface area contributed by atoms with Gasteiger partial charge in [0.05, 0.1) is 11.8 Å². The number of H-pyrrole nitrogens is 1. The molecule has 5 aromatic rings. The number of hydrogen-bond acceptors (Lipinski definition) is 7. The van der Waals surface area contributed by atoms with Gasteiger partial charge in [0, 0.05) is 37.5 Å². The highest BCUT2D eigenvalue weighted by Crippen LogP contribution is 2.30. The molecule has 0 aliphatic heterocycles. The van der Waals surface area contributed by atoms with Gasteiger partial charge in [-0.3, -0.25) is 4.98 Å². The van der Waals surface area contributed by atoms with E-state index < -0.39 is 0 Å². The van der Waals surface area contributed by atoms with Crippen LogP contribution >= 0.6 is 0 Å². The number of nitrogens with zero attached hydrogens (tertiary/aromatic N) is 4. The van der Waals surface area contributed by atoms with Crippen LogP contribution in [-0.4, -0.2) is 45.2 Å². The van der Waals surface area contributed by atoms with Crippen LogP contribution in [0.25, 0.3) is 33.2 Å². The molecule has 3 aromatic heterocycles. The van der Waals surface area contributed by atoms with Crippen LogP contribution < -0.4 is 10.6 Å². The number of benzene rings is 2. The number of hydrogen-bond donors (Lipinski definition) is 3. The maximum Gasteiger partial charge on any atom is 0.231 e. The minimum atomic E-state index is 0.487. The van der Waals surface area contributed by atoms with Gasteiger partial charge >= 0.3 is 0 Å². The van der Waals surface area contributed by atoms with Crippen molar-refractivity contribution in [1.82, 2.24) is 24.9 Å². The maximum atomic E-state index is 5.12. The van der Waals surface area contributed by atoms with Gasteiger partial charge in [0.15, 0.2) is 11.5 Å². The molecule has 8 heteroatoms. The number of imidazole rings is 1. The Morgan fingerprint density at radius 1 is 1.00 bits per heavy atom. The zero-order valence-corrected chi connectivity index (χ0v) is 17.7. The first-order valence-corrected chi connectivity index (χ1v) is 10.5. The molecule has 0 aliphatic rings. The first kappa shape index (κ1) is 19.9. The zero-order chi connectivity index (χ0) is 21.8. The van der Waals surface area contributed by atoms with Crippen molar-refractivity contribution in [3.8, 4) is 11.1 Å². The normalized spacial score (nSPS) is 11.2. The molecule has 2 aromatic carbocycles. The Bertz CT molecular complexity index is 1350. The molecule has 0 radical (unpaired) electrons. The number of pyridine rings is 1. The van der Waals surface area contributed by atoms with Crippen molar-refractivity contribution >= 4 is 39.5 Å². The van der Waals surface area contributed by atoms with Crippen LogP contribution in [0.1, 0.15) is 6.42 Å². The lowest BCUT2D eigenvalue weighted by atomic mass is 10.0. The van der Waals surface area contributed by atoms with Crippen molar-refractivity contribution in [3.63, 3.8) is 0 Å². The summed E-state index contributed by atoms with van der Waals surface area (Å²) in [5.41, 5.74) is 5.47. The summed E-state index contributed by atoms with van der Waals surface area (Å²) in [5, 5.41) is 7.73. The molecule has 0 atom stereocenters. The summed E-state index contributed by atoms with van der Waals surface area (Å²) in [6.45, 7) is 1.41. The molecule has 0 saturated heterocycles. The average Bonchev–Trinajstić information content (AvgIpc) is 3.31. The molecule has 3 heterocycles. The van der Waals surface area contributed by atoms with Gasteiger partial charge in [0.1, 0.15) is 5.52 Å². The molecule has 0 bridgehead atoms. The quantitative estimate of drug-likeness (QED) is 0.308. The van der Waals surface area contributed by atoms with Crippen LogP contribution in [-0.2, 0) is 4.74 Å². The number of fused-ring (bicyclic) bond motifs is 2. The highest BCUT2D eigenvalue weighted by atomic mass is 16.5. The number of aromatic amines is 1. The van der Waals surface area contributed by atoms with Gasteiger partial charge in [-0.15, -0.1) is 0 Å². The van der Waals surface area contributed by atoms with Gasteiger partial charge in [0.2, 0.25) is 5.95 Å². The molecule has 32 heavy (non-hydrogen) atoms. The molecule has 0 amide bonds. The molecule has 8 nitrogen and oxygen atoms in total. The Balaban J connectivity index is 1.48. The van der Waals surface area contributed by atoms with Crippen molar-refractivity contribution in [2.45, 2.75) is 6.42 Å². The van der Waals surface area contributed by atoms with Gasteiger partial charge in [-0.2, -0.15) is 9.97 Å². The molecule has 0 aliphatic carbocycles. The van der Waals surface area contributed by atoms with Crippen LogP contribution in [0.3, 0.4) is 0 Å². The summed E-state index contributed by atoms with van der Waals surface area (Å²) in [6, 6.07) is 18.4. The average molecular weight is 425 g/mol. The van der Waals surface area contributed by atoms with E-state index in [1.807, 2.05) is 42.6 Å². The minimum absolute atomic E-state index is 0.487. The number of rotatable bonds is 8. The molecular formula is C24H23N7O. The lowest BCUT2D eigenvalue weighted by molar-refractivity contribution is 0.198. The molecule has 5 rings (SSSR count). The van der Waals surface area contributed by atoms with Gasteiger partial charge in [-0.1, -0.05) is 30.3 Å². The van der Waals surface area contributed by atoms with Crippen LogP contribution in [0.4, 0.5) is 17.5 Å². The summed E-state index contributed by atoms with van der Waals surface area (Å²) in [7, 11) is 1.70. The van der Waals surface area contributed by atoms with Gasteiger partial charge in [-0.25, -0.2) is 4.98 Å². The fourth-order valence-corrected chi connectivity index (χ4v) is 3.66. The molecule has 0 saturated carbocycles. The van der Waals surface area contributed by atoms with E-state index in [4.69, 9.17) is 4.74 Å². The third-order valence-corrected chi connectivity index (χ3v) is 5.18. The number of anilines is 3. The second-order valence-electron chi connectivity index (χ2n) is 7.35. The van der Waals surface area contributed by atoms with Crippen LogP contribution in [0.5, 0.6) is 0 Å². The van der Waals surface area contributed by atoms with Crippen molar-refractivity contribution in [1.29, 1.82) is 0 Å². The Kier molecular flexibility index (Phi) is 5.59. The Morgan fingerprint density at radius 3 is 2.78 bits per heavy atom. The van der Waals surface area contributed by atoms with Gasteiger partial charge < -0.3 is 20.4 Å². The number of methoxy groups -OCH3 is 1. The molecule has 0 spiro atoms. The number of aromatic nitrogens is 5. The highest BCUT2D eigenvalue weighted by Gasteiger charge is 2.11. The largest absolute Gasteiger partial charge is 0.385 e. The first-order valence-electron chi connectivity index (χ1n) is 10.5. The fourth-order valence-electron chi connectivity index (χ4n) is 3.66. The summed E-state index contributed by atoms with van der Waals surface area (Å²) >= 11 is 0. The monoisotopic (exact) mass is 425 g/mol. The van der Waals surface area contributed by atoms with E-state index in [9.17, 15) is 0 Å². The highest BCUT2D eigenvalue weighted by molar-refractivity contribution is 5.96. The van der Waals surface area contributed by atoms with E-state index in [0.717, 1.165) is 40.7 Å². The first-order chi connectivity index (χ1) is 15.8. The Morgan fingerprint density at radius 2 is 1.91 bits per heavy atom. The molecule has 0 fully saturated rings. The maximum absolute atomic E-state index is 5.12. The minimum Gasteiger partial charge on any atom is -0.385 e. The molecule has 3 N–H and O–H groups in total.